The normalized spacial score (nSPS) is 19.1. The Balaban J connectivity index is 0.000000817. The van der Waals surface area contributed by atoms with Gasteiger partial charge in [-0.25, -0.2) is 9.97 Å². The van der Waals surface area contributed by atoms with Crippen LogP contribution in [0.4, 0.5) is 11.6 Å². The highest BCUT2D eigenvalue weighted by Gasteiger charge is 2.33. The van der Waals surface area contributed by atoms with E-state index in [-0.39, 0.29) is 6.47 Å². The quantitative estimate of drug-likeness (QED) is 0.709. The minimum absolute atomic E-state index is 0.250. The van der Waals surface area contributed by atoms with E-state index in [1.807, 2.05) is 19.0 Å². The average Bonchev–Trinajstić information content (AvgIpc) is 3.08. The van der Waals surface area contributed by atoms with Crippen molar-refractivity contribution in [3.8, 4) is 0 Å². The van der Waals surface area contributed by atoms with Crippen LogP contribution in [-0.2, 0) is 15.0 Å². The van der Waals surface area contributed by atoms with Crippen LogP contribution in [0.25, 0.3) is 0 Å². The van der Waals surface area contributed by atoms with Gasteiger partial charge >= 0.3 is 0 Å². The lowest BCUT2D eigenvalue weighted by molar-refractivity contribution is -0.122. The third kappa shape index (κ3) is 5.27. The Morgan fingerprint density at radius 1 is 0.963 bits per heavy atom. The first kappa shape index (κ1) is 21.3. The molecule has 0 radical (unpaired) electrons. The largest absolute Gasteiger partial charge is 0.483 e. The molecule has 3 rings (SSSR count). The van der Waals surface area contributed by atoms with E-state index in [0.29, 0.717) is 32.7 Å². The Labute approximate surface area is 160 Å². The smallest absolute Gasteiger partial charge is 0.290 e. The summed E-state index contributed by atoms with van der Waals surface area (Å²) >= 11 is 0. The first-order valence-corrected chi connectivity index (χ1v) is 10.4. The predicted octanol–water partition coefficient (Wildman–Crippen LogP) is 0.0961. The van der Waals surface area contributed by atoms with Gasteiger partial charge in [0.25, 0.3) is 16.7 Å². The van der Waals surface area contributed by atoms with Crippen molar-refractivity contribution >= 4 is 28.3 Å². The van der Waals surface area contributed by atoms with Gasteiger partial charge in [0.15, 0.2) is 11.6 Å². The van der Waals surface area contributed by atoms with Gasteiger partial charge in [-0.15, -0.1) is 0 Å². The third-order valence-electron chi connectivity index (χ3n) is 4.56. The van der Waals surface area contributed by atoms with E-state index >= 15 is 0 Å². The van der Waals surface area contributed by atoms with Crippen LogP contribution in [0.2, 0.25) is 0 Å². The summed E-state index contributed by atoms with van der Waals surface area (Å²) < 4.78 is 28.8. The Morgan fingerprint density at radius 3 is 2.15 bits per heavy atom. The van der Waals surface area contributed by atoms with Gasteiger partial charge in [-0.1, -0.05) is 0 Å². The molecule has 2 aliphatic heterocycles. The van der Waals surface area contributed by atoms with Crippen molar-refractivity contribution in [1.29, 1.82) is 0 Å². The summed E-state index contributed by atoms with van der Waals surface area (Å²) in [6.45, 7) is 3.52. The number of nitrogens with zero attached hydrogens (tertiary/aromatic N) is 6. The highest BCUT2D eigenvalue weighted by molar-refractivity contribution is 7.86. The maximum absolute atomic E-state index is 12.8. The van der Waals surface area contributed by atoms with E-state index in [1.54, 1.807) is 21.0 Å². The van der Waals surface area contributed by atoms with Gasteiger partial charge < -0.3 is 14.9 Å². The molecule has 0 spiro atoms. The number of carboxylic acid groups (broad SMARTS) is 1. The first-order chi connectivity index (χ1) is 12.9. The second kappa shape index (κ2) is 9.81. The van der Waals surface area contributed by atoms with E-state index in [9.17, 15) is 8.42 Å². The molecular weight excluding hydrogens is 372 g/mol. The topological polar surface area (TPSA) is 110 Å². The van der Waals surface area contributed by atoms with Gasteiger partial charge in [0.05, 0.1) is 0 Å². The van der Waals surface area contributed by atoms with Crippen molar-refractivity contribution in [3.05, 3.63) is 12.4 Å². The van der Waals surface area contributed by atoms with Crippen molar-refractivity contribution < 1.29 is 18.3 Å². The van der Waals surface area contributed by atoms with Crippen LogP contribution >= 0.6 is 0 Å². The molecule has 1 aromatic rings. The maximum Gasteiger partial charge on any atom is 0.290 e. The van der Waals surface area contributed by atoms with Crippen LogP contribution in [0.3, 0.4) is 0 Å². The Hall–Kier alpha value is -1.98. The molecule has 27 heavy (non-hydrogen) atoms. The third-order valence-corrected chi connectivity index (χ3v) is 6.59. The standard InChI is InChI=1S/C15H26N6O2S.CH2O2/c1-18(2)14-15(17-7-6-16-14)19-8-5-11-21(13-12-19)24(22,23)20-9-3-4-10-20;2-1-3/h6-7H,3-5,8-13H2,1-2H3;1H,(H,2,3). The number of hydrogen-bond donors (Lipinski definition) is 1. The zero-order valence-corrected chi connectivity index (χ0v) is 16.7. The van der Waals surface area contributed by atoms with Crippen LogP contribution < -0.4 is 9.80 Å². The van der Waals surface area contributed by atoms with Crippen LogP contribution in [0, 0.1) is 0 Å². The van der Waals surface area contributed by atoms with Gasteiger partial charge in [-0.05, 0) is 19.3 Å². The van der Waals surface area contributed by atoms with Gasteiger partial charge in [0.2, 0.25) is 0 Å². The summed E-state index contributed by atoms with van der Waals surface area (Å²) in [4.78, 5) is 21.3. The number of aromatic nitrogens is 2. The fraction of sp³-hybridized carbons (Fsp3) is 0.688. The van der Waals surface area contributed by atoms with E-state index in [0.717, 1.165) is 37.4 Å². The maximum atomic E-state index is 12.8. The predicted molar refractivity (Wildman–Crippen MR) is 103 cm³/mol. The summed E-state index contributed by atoms with van der Waals surface area (Å²) in [7, 11) is 0.556. The minimum Gasteiger partial charge on any atom is -0.483 e. The zero-order chi connectivity index (χ0) is 19.9. The van der Waals surface area contributed by atoms with Crippen LogP contribution in [0.15, 0.2) is 12.4 Å². The van der Waals surface area contributed by atoms with Crippen molar-refractivity contribution in [1.82, 2.24) is 18.6 Å². The molecule has 0 bridgehead atoms. The Bertz CT molecular complexity index is 709. The Kier molecular flexibility index (Phi) is 7.75. The van der Waals surface area contributed by atoms with E-state index in [1.165, 1.54) is 0 Å². The highest BCUT2D eigenvalue weighted by atomic mass is 32.2. The lowest BCUT2D eigenvalue weighted by atomic mass is 10.4. The second-order valence-corrected chi connectivity index (χ2v) is 8.49. The Morgan fingerprint density at radius 2 is 1.52 bits per heavy atom. The van der Waals surface area contributed by atoms with Crippen molar-refractivity contribution in [3.63, 3.8) is 0 Å². The number of rotatable bonds is 4. The number of carbonyl (C=O) groups is 1. The molecule has 1 aromatic heterocycles. The molecule has 152 valence electrons. The molecule has 0 saturated carbocycles. The number of anilines is 2. The fourth-order valence-corrected chi connectivity index (χ4v) is 5.00. The molecule has 0 aliphatic carbocycles. The second-order valence-electron chi connectivity index (χ2n) is 6.56. The lowest BCUT2D eigenvalue weighted by Gasteiger charge is -2.27. The van der Waals surface area contributed by atoms with Crippen molar-refractivity contribution in [2.45, 2.75) is 19.3 Å². The molecule has 2 aliphatic rings. The van der Waals surface area contributed by atoms with E-state index in [4.69, 9.17) is 9.90 Å². The molecule has 10 nitrogen and oxygen atoms in total. The summed E-state index contributed by atoms with van der Waals surface area (Å²) in [5.74, 6) is 1.64. The van der Waals surface area contributed by atoms with Crippen molar-refractivity contribution in [2.24, 2.45) is 0 Å². The summed E-state index contributed by atoms with van der Waals surface area (Å²) in [6.07, 6.45) is 6.08. The average molecular weight is 401 g/mol. The van der Waals surface area contributed by atoms with Gasteiger partial charge in [0.1, 0.15) is 0 Å². The molecule has 11 heteroatoms. The highest BCUT2D eigenvalue weighted by Crippen LogP contribution is 2.25. The molecule has 0 aromatic carbocycles. The molecule has 0 atom stereocenters. The van der Waals surface area contributed by atoms with Crippen LogP contribution in [0.5, 0.6) is 0 Å². The van der Waals surface area contributed by atoms with Crippen LogP contribution in [0.1, 0.15) is 19.3 Å². The molecule has 2 saturated heterocycles. The van der Waals surface area contributed by atoms with E-state index in [2.05, 4.69) is 14.9 Å². The monoisotopic (exact) mass is 400 g/mol. The molecule has 1 N–H and O–H groups in total. The molecule has 0 unspecified atom stereocenters. The van der Waals surface area contributed by atoms with Gasteiger partial charge in [0, 0.05) is 65.8 Å². The fourth-order valence-electron chi connectivity index (χ4n) is 3.28. The lowest BCUT2D eigenvalue weighted by Crippen LogP contribution is -2.44. The zero-order valence-electron chi connectivity index (χ0n) is 15.9. The van der Waals surface area contributed by atoms with Gasteiger partial charge in [-0.2, -0.15) is 17.0 Å². The molecule has 3 heterocycles. The van der Waals surface area contributed by atoms with Crippen LogP contribution in [-0.4, -0.2) is 91.9 Å². The van der Waals surface area contributed by atoms with Gasteiger partial charge in [-0.3, -0.25) is 4.79 Å². The van der Waals surface area contributed by atoms with Crippen molar-refractivity contribution in [2.75, 3.05) is 63.2 Å². The van der Waals surface area contributed by atoms with E-state index < -0.39 is 10.2 Å². The summed E-state index contributed by atoms with van der Waals surface area (Å²) in [6, 6.07) is 0. The first-order valence-electron chi connectivity index (χ1n) is 8.98. The number of hydrogen-bond acceptors (Lipinski definition) is 7. The molecule has 2 fully saturated rings. The molecule has 0 amide bonds. The minimum atomic E-state index is -3.32. The molecular formula is C16H28N6O4S. The summed E-state index contributed by atoms with van der Waals surface area (Å²) in [5.41, 5.74) is 0. The SMILES string of the molecule is CN(C)c1nccnc1N1CCCN(S(=O)(=O)N2CCCC2)CC1.O=CO. The summed E-state index contributed by atoms with van der Waals surface area (Å²) in [5, 5.41) is 6.89.